The molecule has 0 bridgehead atoms. The number of carbonyl (C=O) groups excluding carboxylic acids is 1. The van der Waals surface area contributed by atoms with Crippen LogP contribution in [0, 0.1) is 11.3 Å². The number of ether oxygens (including phenoxy) is 1. The topological polar surface area (TPSA) is 53.3 Å². The fourth-order valence-electron chi connectivity index (χ4n) is 2.25. The molecular weight excluding hydrogens is 252 g/mol. The maximum atomic E-state index is 12.2. The summed E-state index contributed by atoms with van der Waals surface area (Å²) < 4.78 is 5.11. The van der Waals surface area contributed by atoms with E-state index in [1.165, 1.54) is 0 Å². The Labute approximate surface area is 120 Å². The van der Waals surface area contributed by atoms with Crippen molar-refractivity contribution in [2.45, 2.75) is 38.1 Å². The van der Waals surface area contributed by atoms with Gasteiger partial charge in [-0.25, -0.2) is 0 Å². The van der Waals surface area contributed by atoms with Crippen LogP contribution in [0.4, 0.5) is 0 Å². The van der Waals surface area contributed by atoms with Crippen LogP contribution in [-0.4, -0.2) is 30.5 Å². The molecule has 0 N–H and O–H groups in total. The van der Waals surface area contributed by atoms with E-state index in [0.29, 0.717) is 25.4 Å². The van der Waals surface area contributed by atoms with Gasteiger partial charge in [0, 0.05) is 19.0 Å². The number of benzene rings is 1. The second-order valence-electron chi connectivity index (χ2n) is 5.07. The molecule has 20 heavy (non-hydrogen) atoms. The predicted octanol–water partition coefficient (Wildman–Crippen LogP) is 2.53. The molecule has 0 heterocycles. The first-order valence-electron chi connectivity index (χ1n) is 7.04. The van der Waals surface area contributed by atoms with E-state index in [1.807, 2.05) is 29.2 Å². The third kappa shape index (κ3) is 3.99. The number of hydrogen-bond donors (Lipinski definition) is 0. The van der Waals surface area contributed by atoms with Gasteiger partial charge in [-0.2, -0.15) is 5.26 Å². The average Bonchev–Trinajstić information content (AvgIpc) is 3.31. The highest BCUT2D eigenvalue weighted by molar-refractivity contribution is 5.77. The monoisotopic (exact) mass is 272 g/mol. The molecule has 0 aliphatic heterocycles. The van der Waals surface area contributed by atoms with E-state index in [-0.39, 0.29) is 5.91 Å². The smallest absolute Gasteiger partial charge is 0.223 e. The molecular formula is C16H20N2O2. The lowest BCUT2D eigenvalue weighted by Gasteiger charge is -2.21. The quantitative estimate of drug-likeness (QED) is 0.766. The van der Waals surface area contributed by atoms with Gasteiger partial charge in [0.15, 0.2) is 0 Å². The molecule has 1 aliphatic carbocycles. The van der Waals surface area contributed by atoms with E-state index < -0.39 is 0 Å². The second kappa shape index (κ2) is 6.95. The molecule has 1 fully saturated rings. The van der Waals surface area contributed by atoms with Crippen LogP contribution in [-0.2, 0) is 11.2 Å². The molecule has 106 valence electrons. The lowest BCUT2D eigenvalue weighted by Crippen LogP contribution is -2.34. The Balaban J connectivity index is 1.84. The predicted molar refractivity (Wildman–Crippen MR) is 76.3 cm³/mol. The number of aryl methyl sites for hydroxylation is 1. The standard InChI is InChI=1S/C16H20N2O2/c1-20-15-8-3-13(4-9-15)5-10-16(19)18(12-2-11-17)14-6-7-14/h3-4,8-9,14H,2,5-7,10,12H2,1H3. The molecule has 4 nitrogen and oxygen atoms in total. The largest absolute Gasteiger partial charge is 0.497 e. The van der Waals surface area contributed by atoms with Gasteiger partial charge in [-0.15, -0.1) is 0 Å². The van der Waals surface area contributed by atoms with Gasteiger partial charge in [0.05, 0.1) is 19.6 Å². The van der Waals surface area contributed by atoms with E-state index in [9.17, 15) is 4.79 Å². The highest BCUT2D eigenvalue weighted by atomic mass is 16.5. The van der Waals surface area contributed by atoms with Crippen molar-refractivity contribution in [2.75, 3.05) is 13.7 Å². The Morgan fingerprint density at radius 1 is 1.40 bits per heavy atom. The zero-order chi connectivity index (χ0) is 14.4. The van der Waals surface area contributed by atoms with Gasteiger partial charge in [0.25, 0.3) is 0 Å². The minimum atomic E-state index is 0.165. The summed E-state index contributed by atoms with van der Waals surface area (Å²) in [7, 11) is 1.64. The molecule has 0 aromatic heterocycles. The normalized spacial score (nSPS) is 13.6. The number of hydrogen-bond acceptors (Lipinski definition) is 3. The van der Waals surface area contributed by atoms with E-state index >= 15 is 0 Å². The summed E-state index contributed by atoms with van der Waals surface area (Å²) >= 11 is 0. The second-order valence-corrected chi connectivity index (χ2v) is 5.07. The van der Waals surface area contributed by atoms with Crippen LogP contribution in [0.2, 0.25) is 0 Å². The fraction of sp³-hybridized carbons (Fsp3) is 0.500. The molecule has 0 unspecified atom stereocenters. The molecule has 0 spiro atoms. The third-order valence-corrected chi connectivity index (χ3v) is 3.56. The summed E-state index contributed by atoms with van der Waals surface area (Å²) in [4.78, 5) is 14.1. The van der Waals surface area contributed by atoms with E-state index in [2.05, 4.69) is 6.07 Å². The molecule has 1 saturated carbocycles. The van der Waals surface area contributed by atoms with Crippen LogP contribution in [0.1, 0.15) is 31.2 Å². The molecule has 1 aliphatic rings. The van der Waals surface area contributed by atoms with Crippen LogP contribution in [0.3, 0.4) is 0 Å². The summed E-state index contributed by atoms with van der Waals surface area (Å²) in [6.45, 7) is 0.572. The lowest BCUT2D eigenvalue weighted by molar-refractivity contribution is -0.131. The first-order chi connectivity index (χ1) is 9.74. The van der Waals surface area contributed by atoms with Crippen LogP contribution < -0.4 is 4.74 Å². The summed E-state index contributed by atoms with van der Waals surface area (Å²) in [6.07, 6.45) is 3.83. The van der Waals surface area contributed by atoms with Crippen molar-refractivity contribution >= 4 is 5.91 Å². The van der Waals surface area contributed by atoms with Gasteiger partial charge in [-0.3, -0.25) is 4.79 Å². The number of methoxy groups -OCH3 is 1. The molecule has 0 atom stereocenters. The van der Waals surface area contributed by atoms with Crippen molar-refractivity contribution in [1.29, 1.82) is 5.26 Å². The molecule has 4 heteroatoms. The number of carbonyl (C=O) groups is 1. The van der Waals surface area contributed by atoms with Crippen molar-refractivity contribution in [1.82, 2.24) is 4.90 Å². The summed E-state index contributed by atoms with van der Waals surface area (Å²) in [5.74, 6) is 0.993. The van der Waals surface area contributed by atoms with Crippen molar-refractivity contribution in [3.05, 3.63) is 29.8 Å². The first kappa shape index (κ1) is 14.4. The molecule has 0 radical (unpaired) electrons. The number of rotatable bonds is 7. The molecule has 2 rings (SSSR count). The summed E-state index contributed by atoms with van der Waals surface area (Å²) in [6, 6.07) is 10.3. The minimum Gasteiger partial charge on any atom is -0.497 e. The van der Waals surface area contributed by atoms with Crippen molar-refractivity contribution in [3.8, 4) is 11.8 Å². The fourth-order valence-corrected chi connectivity index (χ4v) is 2.25. The van der Waals surface area contributed by atoms with E-state index in [1.54, 1.807) is 7.11 Å². The SMILES string of the molecule is COc1ccc(CCC(=O)N(CCC#N)C2CC2)cc1. The zero-order valence-corrected chi connectivity index (χ0v) is 11.8. The van der Waals surface area contributed by atoms with Crippen molar-refractivity contribution in [3.63, 3.8) is 0 Å². The number of nitrogens with zero attached hydrogens (tertiary/aromatic N) is 2. The Morgan fingerprint density at radius 3 is 2.65 bits per heavy atom. The van der Waals surface area contributed by atoms with Crippen LogP contribution in [0.25, 0.3) is 0 Å². The van der Waals surface area contributed by atoms with Crippen molar-refractivity contribution < 1.29 is 9.53 Å². The van der Waals surface area contributed by atoms with Gasteiger partial charge in [0.2, 0.25) is 5.91 Å². The third-order valence-electron chi connectivity index (χ3n) is 3.56. The molecule has 0 saturated heterocycles. The Kier molecular flexibility index (Phi) is 5.00. The maximum Gasteiger partial charge on any atom is 0.223 e. The first-order valence-corrected chi connectivity index (χ1v) is 7.04. The molecule has 1 aromatic rings. The highest BCUT2D eigenvalue weighted by Gasteiger charge is 2.31. The summed E-state index contributed by atoms with van der Waals surface area (Å²) in [5.41, 5.74) is 1.13. The number of nitriles is 1. The van der Waals surface area contributed by atoms with Gasteiger partial charge < -0.3 is 9.64 Å². The molecule has 1 amide bonds. The zero-order valence-electron chi connectivity index (χ0n) is 11.8. The Hall–Kier alpha value is -2.02. The highest BCUT2D eigenvalue weighted by Crippen LogP contribution is 2.27. The van der Waals surface area contributed by atoms with E-state index in [4.69, 9.17) is 10.00 Å². The Bertz CT molecular complexity index is 486. The molecule has 1 aromatic carbocycles. The van der Waals surface area contributed by atoms with Crippen LogP contribution >= 0.6 is 0 Å². The maximum absolute atomic E-state index is 12.2. The van der Waals surface area contributed by atoms with Gasteiger partial charge in [-0.05, 0) is 37.0 Å². The number of amides is 1. The van der Waals surface area contributed by atoms with E-state index in [0.717, 1.165) is 30.6 Å². The minimum absolute atomic E-state index is 0.165. The Morgan fingerprint density at radius 2 is 2.10 bits per heavy atom. The van der Waals surface area contributed by atoms with Crippen LogP contribution in [0.15, 0.2) is 24.3 Å². The van der Waals surface area contributed by atoms with Crippen molar-refractivity contribution in [2.24, 2.45) is 0 Å². The van der Waals surface area contributed by atoms with Crippen LogP contribution in [0.5, 0.6) is 5.75 Å². The van der Waals surface area contributed by atoms with Gasteiger partial charge in [-0.1, -0.05) is 12.1 Å². The summed E-state index contributed by atoms with van der Waals surface area (Å²) in [5, 5.41) is 8.66. The van der Waals surface area contributed by atoms with Gasteiger partial charge >= 0.3 is 0 Å². The van der Waals surface area contributed by atoms with Gasteiger partial charge in [0.1, 0.15) is 5.75 Å². The lowest BCUT2D eigenvalue weighted by atomic mass is 10.1. The average molecular weight is 272 g/mol.